The smallest absolute Gasteiger partial charge is 0.266 e. The zero-order valence-electron chi connectivity index (χ0n) is 19.9. The minimum atomic E-state index is -0.171. The van der Waals surface area contributed by atoms with E-state index in [0.717, 1.165) is 31.5 Å². The van der Waals surface area contributed by atoms with Gasteiger partial charge in [0.05, 0.1) is 23.7 Å². The normalized spacial score (nSPS) is 13.4. The van der Waals surface area contributed by atoms with Crippen molar-refractivity contribution in [1.82, 2.24) is 14.5 Å². The van der Waals surface area contributed by atoms with E-state index in [0.29, 0.717) is 38.8 Å². The third-order valence-electron chi connectivity index (χ3n) is 6.24. The highest BCUT2D eigenvalue weighted by atomic mass is 32.2. The first-order valence-corrected chi connectivity index (χ1v) is 12.7. The molecule has 0 N–H and O–H groups in total. The molecule has 1 amide bonds. The van der Waals surface area contributed by atoms with E-state index < -0.39 is 0 Å². The average molecular weight is 486 g/mol. The Bertz CT molecular complexity index is 1460. The summed E-state index contributed by atoms with van der Waals surface area (Å²) in [6.07, 6.45) is 2.06. The highest BCUT2D eigenvalue weighted by Crippen LogP contribution is 2.27. The molecule has 1 saturated heterocycles. The van der Waals surface area contributed by atoms with E-state index >= 15 is 0 Å². The summed E-state index contributed by atoms with van der Waals surface area (Å²) in [6.45, 7) is 3.62. The van der Waals surface area contributed by atoms with Crippen LogP contribution in [0.3, 0.4) is 0 Å². The van der Waals surface area contributed by atoms with Crippen LogP contribution in [-0.4, -0.2) is 40.6 Å². The van der Waals surface area contributed by atoms with Gasteiger partial charge in [0, 0.05) is 30.5 Å². The molecule has 0 radical (unpaired) electrons. The minimum absolute atomic E-state index is 0.00265. The molecule has 7 heteroatoms. The number of benzene rings is 3. The lowest BCUT2D eigenvalue weighted by atomic mass is 10.1. The van der Waals surface area contributed by atoms with Crippen LogP contribution in [0.4, 0.5) is 0 Å². The number of thioether (sulfide) groups is 1. The maximum Gasteiger partial charge on any atom is 0.266 e. The standard InChI is InChI=1S/C28H27N3O3S/c1-19-7-5-8-20(15-19)18-35-28-29-25-16-21(26(32)30-13-3-4-14-30)11-12-24(25)27(33)31(28)22-9-6-10-23(17-22)34-2/h5-12,15-17H,3-4,13-14,18H2,1-2H3. The Kier molecular flexibility index (Phi) is 6.59. The molecule has 0 aliphatic carbocycles. The summed E-state index contributed by atoms with van der Waals surface area (Å²) in [5.41, 5.74) is 3.96. The van der Waals surface area contributed by atoms with Gasteiger partial charge < -0.3 is 9.64 Å². The third-order valence-corrected chi connectivity index (χ3v) is 7.25. The van der Waals surface area contributed by atoms with Gasteiger partial charge in [-0.1, -0.05) is 47.7 Å². The topological polar surface area (TPSA) is 64.4 Å². The van der Waals surface area contributed by atoms with Gasteiger partial charge in [0.15, 0.2) is 5.16 Å². The molecular formula is C28H27N3O3S. The Morgan fingerprint density at radius 3 is 2.60 bits per heavy atom. The molecule has 0 spiro atoms. The molecule has 35 heavy (non-hydrogen) atoms. The molecule has 0 unspecified atom stereocenters. The van der Waals surface area contributed by atoms with Crippen LogP contribution >= 0.6 is 11.8 Å². The number of ether oxygens (including phenoxy) is 1. The molecule has 2 heterocycles. The van der Waals surface area contributed by atoms with Gasteiger partial charge in [-0.05, 0) is 55.7 Å². The van der Waals surface area contributed by atoms with Gasteiger partial charge in [-0.15, -0.1) is 0 Å². The Labute approximate surface area is 208 Å². The second-order valence-corrected chi connectivity index (χ2v) is 9.69. The molecular weight excluding hydrogens is 458 g/mol. The summed E-state index contributed by atoms with van der Waals surface area (Å²) in [7, 11) is 1.60. The first kappa shape index (κ1) is 23.2. The lowest BCUT2D eigenvalue weighted by Gasteiger charge is -2.17. The second kappa shape index (κ2) is 9.96. The monoisotopic (exact) mass is 485 g/mol. The van der Waals surface area contributed by atoms with Crippen LogP contribution in [0.25, 0.3) is 16.6 Å². The molecule has 4 aromatic rings. The van der Waals surface area contributed by atoms with E-state index in [9.17, 15) is 9.59 Å². The van der Waals surface area contributed by atoms with Crippen molar-refractivity contribution >= 4 is 28.6 Å². The van der Waals surface area contributed by atoms with Crippen molar-refractivity contribution in [3.05, 3.63) is 93.8 Å². The summed E-state index contributed by atoms with van der Waals surface area (Å²) >= 11 is 1.50. The number of carbonyl (C=O) groups excluding carboxylic acids is 1. The number of aryl methyl sites for hydroxylation is 1. The van der Waals surface area contributed by atoms with Crippen molar-refractivity contribution in [3.63, 3.8) is 0 Å². The Morgan fingerprint density at radius 1 is 1.03 bits per heavy atom. The van der Waals surface area contributed by atoms with Crippen molar-refractivity contribution in [3.8, 4) is 11.4 Å². The summed E-state index contributed by atoms with van der Waals surface area (Å²) in [6, 6.07) is 20.9. The van der Waals surface area contributed by atoms with E-state index in [4.69, 9.17) is 9.72 Å². The number of nitrogens with zero attached hydrogens (tertiary/aromatic N) is 3. The van der Waals surface area contributed by atoms with Crippen LogP contribution in [0.2, 0.25) is 0 Å². The predicted molar refractivity (Wildman–Crippen MR) is 140 cm³/mol. The van der Waals surface area contributed by atoms with Crippen LogP contribution in [0.1, 0.15) is 34.3 Å². The number of aromatic nitrogens is 2. The van der Waals surface area contributed by atoms with E-state index in [1.165, 1.54) is 17.3 Å². The molecule has 3 aromatic carbocycles. The number of rotatable bonds is 6. The van der Waals surface area contributed by atoms with Gasteiger partial charge in [-0.25, -0.2) is 4.98 Å². The predicted octanol–water partition coefficient (Wildman–Crippen LogP) is 5.23. The quantitative estimate of drug-likeness (QED) is 0.276. The van der Waals surface area contributed by atoms with Gasteiger partial charge in [0.25, 0.3) is 11.5 Å². The Hall–Kier alpha value is -3.58. The molecule has 1 aliphatic heterocycles. The zero-order valence-corrected chi connectivity index (χ0v) is 20.7. The van der Waals surface area contributed by atoms with Gasteiger partial charge in [-0.3, -0.25) is 14.2 Å². The molecule has 6 nitrogen and oxygen atoms in total. The van der Waals surface area contributed by atoms with Crippen molar-refractivity contribution < 1.29 is 9.53 Å². The maximum absolute atomic E-state index is 13.7. The third kappa shape index (κ3) is 4.82. The van der Waals surface area contributed by atoms with Crippen LogP contribution in [0.15, 0.2) is 76.7 Å². The lowest BCUT2D eigenvalue weighted by Crippen LogP contribution is -2.28. The van der Waals surface area contributed by atoms with E-state index in [-0.39, 0.29) is 11.5 Å². The fraction of sp³-hybridized carbons (Fsp3) is 0.250. The van der Waals surface area contributed by atoms with Crippen LogP contribution in [0, 0.1) is 6.92 Å². The minimum Gasteiger partial charge on any atom is -0.497 e. The zero-order chi connectivity index (χ0) is 24.4. The van der Waals surface area contributed by atoms with E-state index in [2.05, 4.69) is 25.1 Å². The van der Waals surface area contributed by atoms with Crippen molar-refractivity contribution in [2.45, 2.75) is 30.7 Å². The molecule has 1 aromatic heterocycles. The molecule has 178 valence electrons. The number of likely N-dealkylation sites (tertiary alicyclic amines) is 1. The molecule has 0 bridgehead atoms. The SMILES string of the molecule is COc1cccc(-n2c(SCc3cccc(C)c3)nc3cc(C(=O)N4CCCC4)ccc3c2=O)c1. The van der Waals surface area contributed by atoms with Gasteiger partial charge in [-0.2, -0.15) is 0 Å². The largest absolute Gasteiger partial charge is 0.497 e. The molecule has 1 fully saturated rings. The highest BCUT2D eigenvalue weighted by molar-refractivity contribution is 7.98. The number of hydrogen-bond acceptors (Lipinski definition) is 5. The number of methoxy groups -OCH3 is 1. The number of hydrogen-bond donors (Lipinski definition) is 0. The number of amides is 1. The summed E-state index contributed by atoms with van der Waals surface area (Å²) in [4.78, 5) is 33.4. The number of fused-ring (bicyclic) bond motifs is 1. The first-order chi connectivity index (χ1) is 17.0. The van der Waals surface area contributed by atoms with E-state index in [1.807, 2.05) is 35.2 Å². The molecule has 0 saturated carbocycles. The van der Waals surface area contributed by atoms with Gasteiger partial charge in [0.2, 0.25) is 0 Å². The summed E-state index contributed by atoms with van der Waals surface area (Å²) in [5, 5.41) is 1.05. The highest BCUT2D eigenvalue weighted by Gasteiger charge is 2.21. The maximum atomic E-state index is 13.7. The first-order valence-electron chi connectivity index (χ1n) is 11.7. The van der Waals surface area contributed by atoms with Gasteiger partial charge in [0.1, 0.15) is 5.75 Å². The van der Waals surface area contributed by atoms with Crippen LogP contribution in [-0.2, 0) is 5.75 Å². The van der Waals surface area contributed by atoms with Crippen molar-refractivity contribution in [2.75, 3.05) is 20.2 Å². The fourth-order valence-electron chi connectivity index (χ4n) is 4.43. The van der Waals surface area contributed by atoms with E-state index in [1.54, 1.807) is 29.9 Å². The second-order valence-electron chi connectivity index (χ2n) is 8.75. The molecule has 0 atom stereocenters. The van der Waals surface area contributed by atoms with Crippen LogP contribution in [0.5, 0.6) is 5.75 Å². The Morgan fingerprint density at radius 2 is 1.83 bits per heavy atom. The Balaban J connectivity index is 1.61. The molecule has 5 rings (SSSR count). The molecule has 1 aliphatic rings. The average Bonchev–Trinajstić information content (AvgIpc) is 3.42. The van der Waals surface area contributed by atoms with Crippen molar-refractivity contribution in [1.29, 1.82) is 0 Å². The fourth-order valence-corrected chi connectivity index (χ4v) is 5.38. The lowest BCUT2D eigenvalue weighted by molar-refractivity contribution is 0.0793. The van der Waals surface area contributed by atoms with Crippen molar-refractivity contribution in [2.24, 2.45) is 0 Å². The van der Waals surface area contributed by atoms with Gasteiger partial charge >= 0.3 is 0 Å². The van der Waals surface area contributed by atoms with Crippen LogP contribution < -0.4 is 10.3 Å². The number of carbonyl (C=O) groups is 1. The summed E-state index contributed by atoms with van der Waals surface area (Å²) < 4.78 is 7.02. The summed E-state index contributed by atoms with van der Waals surface area (Å²) in [5.74, 6) is 1.32.